The van der Waals surface area contributed by atoms with E-state index in [-0.39, 0.29) is 17.8 Å². The second-order valence-electron chi connectivity index (χ2n) is 12.3. The van der Waals surface area contributed by atoms with Gasteiger partial charge in [0, 0.05) is 59.8 Å². The summed E-state index contributed by atoms with van der Waals surface area (Å²) in [7, 11) is 3.49. The highest BCUT2D eigenvalue weighted by molar-refractivity contribution is 6.22. The number of nitrogens with zero attached hydrogens (tertiary/aromatic N) is 4. The number of rotatable bonds is 8. The number of aromatic amines is 1. The lowest BCUT2D eigenvalue weighted by Crippen LogP contribution is -2.71. The molecule has 1 amide bonds. The third-order valence-electron chi connectivity index (χ3n) is 8.72. The zero-order chi connectivity index (χ0) is 29.7. The molecule has 1 spiro atoms. The number of likely N-dealkylation sites (tertiary alicyclic amines) is 2. The smallest absolute Gasteiger partial charge is 0.337 e. The summed E-state index contributed by atoms with van der Waals surface area (Å²) in [6.45, 7) is 4.71. The van der Waals surface area contributed by atoms with Gasteiger partial charge in [-0.05, 0) is 56.3 Å². The maximum Gasteiger partial charge on any atom is 0.337 e. The monoisotopic (exact) mass is 577 g/mol. The van der Waals surface area contributed by atoms with Gasteiger partial charge in [0.15, 0.2) is 5.88 Å². The summed E-state index contributed by atoms with van der Waals surface area (Å²) >= 11 is 0. The Hall–Kier alpha value is -4.47. The molecule has 4 aromatic rings. The Balaban J connectivity index is 1.17. The highest BCUT2D eigenvalue weighted by atomic mass is 16.5. The lowest BCUT2D eigenvalue weighted by molar-refractivity contribution is -0.132. The van der Waals surface area contributed by atoms with Crippen molar-refractivity contribution in [3.05, 3.63) is 89.5 Å². The van der Waals surface area contributed by atoms with Gasteiger partial charge in [-0.3, -0.25) is 9.69 Å². The molecule has 220 valence electrons. The highest BCUT2D eigenvalue weighted by Crippen LogP contribution is 2.39. The van der Waals surface area contributed by atoms with Crippen molar-refractivity contribution in [1.82, 2.24) is 14.8 Å². The molecular formula is C34H35N5O4. The van der Waals surface area contributed by atoms with Gasteiger partial charge in [-0.15, -0.1) is 0 Å². The molecule has 1 aromatic heterocycles. The summed E-state index contributed by atoms with van der Waals surface area (Å²) in [4.78, 5) is 40.1. The van der Waals surface area contributed by atoms with E-state index >= 15 is 0 Å². The number of H-pyrrole nitrogens is 1. The van der Waals surface area contributed by atoms with Crippen molar-refractivity contribution in [1.29, 1.82) is 0 Å². The SMILES string of the molecule is COC(=O)c1ccc2c(C(=Nc3ccc(N(C(=O)CN4CC5(CN(C)C5)C4)C4CC4)cc3)c3ccccc3)c(O)[nH]c2c1. The summed E-state index contributed by atoms with van der Waals surface area (Å²) in [6.07, 6.45) is 2.05. The van der Waals surface area contributed by atoms with E-state index in [0.717, 1.165) is 55.7 Å². The van der Waals surface area contributed by atoms with Crippen molar-refractivity contribution in [2.75, 3.05) is 51.8 Å². The molecule has 3 aliphatic rings. The molecule has 2 saturated heterocycles. The zero-order valence-corrected chi connectivity index (χ0v) is 24.4. The van der Waals surface area contributed by atoms with Crippen LogP contribution < -0.4 is 4.90 Å². The van der Waals surface area contributed by atoms with Crippen molar-refractivity contribution in [3.8, 4) is 5.88 Å². The summed E-state index contributed by atoms with van der Waals surface area (Å²) < 4.78 is 4.86. The standard InChI is InChI=1S/C34H35N5O4/c1-37-18-34(19-37)20-38(21-34)17-29(40)39(26-13-14-26)25-11-9-24(10-12-25)35-31(22-6-4-3-5-7-22)30-27-15-8-23(33(42)43-2)16-28(27)36-32(30)41/h3-12,15-16,26,36,41H,13-14,17-21H2,1-2H3. The maximum atomic E-state index is 13.4. The lowest BCUT2D eigenvalue weighted by Gasteiger charge is -2.59. The molecule has 0 radical (unpaired) electrons. The van der Waals surface area contributed by atoms with Gasteiger partial charge in [0.2, 0.25) is 5.91 Å². The van der Waals surface area contributed by atoms with Crippen LogP contribution in [0.25, 0.3) is 10.9 Å². The van der Waals surface area contributed by atoms with E-state index < -0.39 is 5.97 Å². The summed E-state index contributed by atoms with van der Waals surface area (Å²) in [5, 5.41) is 11.8. The average Bonchev–Trinajstić information content (AvgIpc) is 3.76. The fraction of sp³-hybridized carbons (Fsp3) is 0.324. The first kappa shape index (κ1) is 27.4. The Morgan fingerprint density at radius 1 is 1.00 bits per heavy atom. The number of methoxy groups -OCH3 is 1. The van der Waals surface area contributed by atoms with E-state index in [2.05, 4.69) is 21.8 Å². The summed E-state index contributed by atoms with van der Waals surface area (Å²) in [5.41, 5.74) is 4.94. The minimum Gasteiger partial charge on any atom is -0.494 e. The summed E-state index contributed by atoms with van der Waals surface area (Å²) in [6, 6.07) is 22.8. The van der Waals surface area contributed by atoms with Gasteiger partial charge >= 0.3 is 5.97 Å². The third-order valence-corrected chi connectivity index (χ3v) is 8.72. The number of hydrogen-bond donors (Lipinski definition) is 2. The molecule has 3 fully saturated rings. The van der Waals surface area contributed by atoms with Crippen molar-refractivity contribution in [2.45, 2.75) is 18.9 Å². The van der Waals surface area contributed by atoms with Crippen LogP contribution in [0.4, 0.5) is 11.4 Å². The number of esters is 1. The molecule has 3 heterocycles. The number of carbonyl (C=O) groups is 2. The van der Waals surface area contributed by atoms with E-state index in [9.17, 15) is 14.7 Å². The number of carbonyl (C=O) groups excluding carboxylic acids is 2. The minimum absolute atomic E-state index is 0.0388. The fourth-order valence-electron chi connectivity index (χ4n) is 6.82. The van der Waals surface area contributed by atoms with E-state index in [1.807, 2.05) is 59.5 Å². The van der Waals surface area contributed by atoms with E-state index in [1.165, 1.54) is 7.11 Å². The molecule has 9 heteroatoms. The molecule has 2 aliphatic heterocycles. The van der Waals surface area contributed by atoms with Gasteiger partial charge in [-0.25, -0.2) is 9.79 Å². The number of aromatic nitrogens is 1. The minimum atomic E-state index is -0.451. The van der Waals surface area contributed by atoms with Crippen LogP contribution in [0.1, 0.15) is 34.3 Å². The number of ether oxygens (including phenoxy) is 1. The Kier molecular flexibility index (Phi) is 6.79. The van der Waals surface area contributed by atoms with Gasteiger partial charge in [-0.2, -0.15) is 0 Å². The van der Waals surface area contributed by atoms with Crippen LogP contribution in [0.15, 0.2) is 77.8 Å². The molecule has 3 aromatic carbocycles. The largest absolute Gasteiger partial charge is 0.494 e. The van der Waals surface area contributed by atoms with Crippen LogP contribution >= 0.6 is 0 Å². The normalized spacial score (nSPS) is 18.3. The van der Waals surface area contributed by atoms with Crippen LogP contribution in [-0.2, 0) is 9.53 Å². The quantitative estimate of drug-likeness (QED) is 0.235. The van der Waals surface area contributed by atoms with Gasteiger partial charge in [-0.1, -0.05) is 36.4 Å². The van der Waals surface area contributed by atoms with Crippen molar-refractivity contribution in [2.24, 2.45) is 10.4 Å². The van der Waals surface area contributed by atoms with Crippen LogP contribution in [0.2, 0.25) is 0 Å². The Morgan fingerprint density at radius 3 is 2.37 bits per heavy atom. The molecule has 2 N–H and O–H groups in total. The number of aliphatic imine (C=N–C) groups is 1. The van der Waals surface area contributed by atoms with E-state index in [1.54, 1.807) is 18.2 Å². The van der Waals surface area contributed by atoms with E-state index in [4.69, 9.17) is 9.73 Å². The fourth-order valence-corrected chi connectivity index (χ4v) is 6.82. The maximum absolute atomic E-state index is 13.4. The number of fused-ring (bicyclic) bond motifs is 1. The van der Waals surface area contributed by atoms with Crippen LogP contribution in [-0.4, -0.2) is 90.4 Å². The molecule has 1 saturated carbocycles. The number of anilines is 1. The molecule has 1 aliphatic carbocycles. The predicted molar refractivity (Wildman–Crippen MR) is 166 cm³/mol. The van der Waals surface area contributed by atoms with Crippen molar-refractivity contribution in [3.63, 3.8) is 0 Å². The topological polar surface area (TPSA) is 101 Å². The Morgan fingerprint density at radius 2 is 1.72 bits per heavy atom. The molecule has 0 atom stereocenters. The number of benzene rings is 3. The molecule has 0 bridgehead atoms. The molecular weight excluding hydrogens is 542 g/mol. The van der Waals surface area contributed by atoms with Gasteiger partial charge in [0.05, 0.1) is 36.2 Å². The predicted octanol–water partition coefficient (Wildman–Crippen LogP) is 4.57. The van der Waals surface area contributed by atoms with Gasteiger partial charge in [0.1, 0.15) is 0 Å². The molecule has 7 rings (SSSR count). The van der Waals surface area contributed by atoms with Crippen LogP contribution in [0.3, 0.4) is 0 Å². The lowest BCUT2D eigenvalue weighted by atomic mass is 9.73. The molecule has 43 heavy (non-hydrogen) atoms. The molecule has 9 nitrogen and oxygen atoms in total. The molecule has 0 unspecified atom stereocenters. The first-order chi connectivity index (χ1) is 20.8. The number of nitrogens with one attached hydrogen (secondary N) is 1. The van der Waals surface area contributed by atoms with Crippen LogP contribution in [0.5, 0.6) is 5.88 Å². The highest BCUT2D eigenvalue weighted by Gasteiger charge is 2.51. The first-order valence-corrected chi connectivity index (χ1v) is 14.7. The second-order valence-corrected chi connectivity index (χ2v) is 12.3. The number of aromatic hydroxyl groups is 1. The van der Waals surface area contributed by atoms with Gasteiger partial charge in [0.25, 0.3) is 0 Å². The number of amides is 1. The summed E-state index contributed by atoms with van der Waals surface area (Å²) in [5.74, 6) is -0.336. The number of hydrogen-bond acceptors (Lipinski definition) is 7. The van der Waals surface area contributed by atoms with Crippen molar-refractivity contribution < 1.29 is 19.4 Å². The second kappa shape index (κ2) is 10.7. The Bertz CT molecular complexity index is 1710. The van der Waals surface area contributed by atoms with Crippen molar-refractivity contribution >= 4 is 39.9 Å². The Labute approximate surface area is 250 Å². The van der Waals surface area contributed by atoms with Gasteiger partial charge < -0.3 is 24.6 Å². The average molecular weight is 578 g/mol. The van der Waals surface area contributed by atoms with E-state index in [0.29, 0.717) is 40.0 Å². The zero-order valence-electron chi connectivity index (χ0n) is 24.4. The van der Waals surface area contributed by atoms with Crippen LogP contribution in [0, 0.1) is 5.41 Å². The first-order valence-electron chi connectivity index (χ1n) is 14.7. The third kappa shape index (κ3) is 5.19.